The summed E-state index contributed by atoms with van der Waals surface area (Å²) in [4.78, 5) is 15.0. The summed E-state index contributed by atoms with van der Waals surface area (Å²) in [5, 5.41) is 0. The van der Waals surface area contributed by atoms with E-state index in [-0.39, 0.29) is 18.1 Å². The number of fused-ring (bicyclic) bond motifs is 8. The Balaban J connectivity index is 1.76. The molecule has 0 spiro atoms. The van der Waals surface area contributed by atoms with E-state index in [0.29, 0.717) is 5.92 Å². The molecule has 3 heterocycles. The molecule has 0 radical (unpaired) electrons. The number of hydrogen-bond acceptors (Lipinski definition) is 3. The van der Waals surface area contributed by atoms with E-state index in [1.807, 2.05) is 41.3 Å². The van der Waals surface area contributed by atoms with Gasteiger partial charge in [0.25, 0.3) is 5.91 Å². The minimum atomic E-state index is 0.0658. The Morgan fingerprint density at radius 1 is 1.17 bits per heavy atom. The molecule has 0 N–H and O–H groups in total. The van der Waals surface area contributed by atoms with Crippen molar-refractivity contribution in [1.29, 1.82) is 0 Å². The molecule has 0 aliphatic carbocycles. The van der Waals surface area contributed by atoms with Gasteiger partial charge in [-0.25, -0.2) is 0 Å². The number of methoxy groups -OCH3 is 1. The zero-order valence-electron chi connectivity index (χ0n) is 12.9. The summed E-state index contributed by atoms with van der Waals surface area (Å²) in [6, 6.07) is 14.0. The van der Waals surface area contributed by atoms with Crippen LogP contribution in [0.2, 0.25) is 0 Å². The molecule has 3 atom stereocenters. The highest BCUT2D eigenvalue weighted by Crippen LogP contribution is 2.56. The van der Waals surface area contributed by atoms with Crippen LogP contribution in [-0.2, 0) is 4.74 Å². The maximum absolute atomic E-state index is 13.0. The molecule has 4 nitrogen and oxygen atoms in total. The van der Waals surface area contributed by atoms with E-state index >= 15 is 0 Å². The molecule has 0 aromatic heterocycles. The number of benzene rings is 2. The number of ether oxygens (including phenoxy) is 2. The number of hydrogen-bond donors (Lipinski definition) is 0. The van der Waals surface area contributed by atoms with Crippen LogP contribution in [-0.4, -0.2) is 19.6 Å². The standard InChI is InChI=1S/C19H17NO3/c1-22-11-6-7-14-16(10-11)20-17(15-8-9-23-18(14)15)12-4-2-3-5-13(12)19(20)21/h2-7,10,15,17-18H,8-9H2,1H3/t15-,17-,18+/m1/s1. The summed E-state index contributed by atoms with van der Waals surface area (Å²) >= 11 is 0. The monoisotopic (exact) mass is 307 g/mol. The molecule has 1 saturated heterocycles. The van der Waals surface area contributed by atoms with Crippen LogP contribution in [0.3, 0.4) is 0 Å². The normalized spacial score (nSPS) is 27.3. The van der Waals surface area contributed by atoms with Crippen molar-refractivity contribution in [2.75, 3.05) is 18.6 Å². The van der Waals surface area contributed by atoms with E-state index in [1.165, 1.54) is 0 Å². The minimum absolute atomic E-state index is 0.0658. The van der Waals surface area contributed by atoms with Crippen molar-refractivity contribution in [3.63, 3.8) is 0 Å². The Labute approximate surface area is 134 Å². The van der Waals surface area contributed by atoms with Crippen LogP contribution in [0.25, 0.3) is 0 Å². The molecule has 3 aliphatic heterocycles. The van der Waals surface area contributed by atoms with E-state index in [1.54, 1.807) is 7.11 Å². The number of nitrogens with zero attached hydrogens (tertiary/aromatic N) is 1. The molecular weight excluding hydrogens is 290 g/mol. The van der Waals surface area contributed by atoms with E-state index in [2.05, 4.69) is 6.07 Å². The Morgan fingerprint density at radius 3 is 2.91 bits per heavy atom. The average Bonchev–Trinajstić information content (AvgIpc) is 3.18. The van der Waals surface area contributed by atoms with Gasteiger partial charge in [0, 0.05) is 29.7 Å². The van der Waals surface area contributed by atoms with Crippen molar-refractivity contribution < 1.29 is 14.3 Å². The molecule has 0 saturated carbocycles. The lowest BCUT2D eigenvalue weighted by atomic mass is 9.81. The van der Waals surface area contributed by atoms with Gasteiger partial charge in [0.05, 0.1) is 24.9 Å². The van der Waals surface area contributed by atoms with E-state index in [4.69, 9.17) is 9.47 Å². The Bertz CT molecular complexity index is 816. The van der Waals surface area contributed by atoms with E-state index in [9.17, 15) is 4.79 Å². The van der Waals surface area contributed by atoms with E-state index in [0.717, 1.165) is 41.2 Å². The van der Waals surface area contributed by atoms with Gasteiger partial charge in [-0.3, -0.25) is 9.69 Å². The van der Waals surface area contributed by atoms with E-state index < -0.39 is 0 Å². The highest BCUT2D eigenvalue weighted by Gasteiger charge is 2.51. The van der Waals surface area contributed by atoms with Gasteiger partial charge in [-0.1, -0.05) is 24.3 Å². The van der Waals surface area contributed by atoms with Crippen LogP contribution < -0.4 is 9.64 Å². The van der Waals surface area contributed by atoms with Gasteiger partial charge >= 0.3 is 0 Å². The predicted molar refractivity (Wildman–Crippen MR) is 85.8 cm³/mol. The maximum Gasteiger partial charge on any atom is 0.259 e. The number of anilines is 1. The molecule has 0 bridgehead atoms. The Hall–Kier alpha value is -2.33. The van der Waals surface area contributed by atoms with Gasteiger partial charge in [-0.05, 0) is 24.1 Å². The maximum atomic E-state index is 13.0. The van der Waals surface area contributed by atoms with Crippen LogP contribution in [0.5, 0.6) is 5.75 Å². The molecule has 1 amide bonds. The third kappa shape index (κ3) is 1.61. The zero-order valence-corrected chi connectivity index (χ0v) is 12.9. The summed E-state index contributed by atoms with van der Waals surface area (Å²) in [7, 11) is 1.65. The Kier molecular flexibility index (Phi) is 2.62. The van der Waals surface area contributed by atoms with Crippen LogP contribution in [0.4, 0.5) is 5.69 Å². The summed E-state index contributed by atoms with van der Waals surface area (Å²) in [6.07, 6.45) is 1.05. The van der Waals surface area contributed by atoms with Gasteiger partial charge < -0.3 is 9.47 Å². The third-order valence-corrected chi connectivity index (χ3v) is 5.35. The van der Waals surface area contributed by atoms with Crippen molar-refractivity contribution in [2.24, 2.45) is 5.92 Å². The van der Waals surface area contributed by atoms with Crippen molar-refractivity contribution >= 4 is 11.6 Å². The molecule has 0 unspecified atom stereocenters. The van der Waals surface area contributed by atoms with Gasteiger partial charge in [-0.2, -0.15) is 0 Å². The summed E-state index contributed by atoms with van der Waals surface area (Å²) in [5.41, 5.74) is 3.98. The fourth-order valence-electron chi connectivity index (χ4n) is 4.38. The molecular formula is C19H17NO3. The first-order valence-electron chi connectivity index (χ1n) is 8.01. The highest BCUT2D eigenvalue weighted by atomic mass is 16.5. The molecule has 5 rings (SSSR count). The fourth-order valence-corrected chi connectivity index (χ4v) is 4.38. The van der Waals surface area contributed by atoms with Gasteiger partial charge in [-0.15, -0.1) is 0 Å². The molecule has 116 valence electrons. The third-order valence-electron chi connectivity index (χ3n) is 5.35. The second kappa shape index (κ2) is 4.59. The lowest BCUT2D eigenvalue weighted by molar-refractivity contribution is 0.0761. The first kappa shape index (κ1) is 13.1. The molecule has 2 aromatic carbocycles. The SMILES string of the molecule is COc1ccc2c(c1)N1C(=O)c3ccccc3[C@@H]1[C@H]1CCO[C@@H]21. The van der Waals surface area contributed by atoms with Crippen molar-refractivity contribution in [2.45, 2.75) is 18.6 Å². The van der Waals surface area contributed by atoms with Gasteiger partial charge in [0.1, 0.15) is 5.75 Å². The predicted octanol–water partition coefficient (Wildman–Crippen LogP) is 3.49. The largest absolute Gasteiger partial charge is 0.497 e. The quantitative estimate of drug-likeness (QED) is 0.809. The average molecular weight is 307 g/mol. The van der Waals surface area contributed by atoms with Gasteiger partial charge in [0.2, 0.25) is 0 Å². The van der Waals surface area contributed by atoms with Crippen molar-refractivity contribution in [3.8, 4) is 5.75 Å². The second-order valence-corrected chi connectivity index (χ2v) is 6.38. The van der Waals surface area contributed by atoms with Gasteiger partial charge in [0.15, 0.2) is 0 Å². The summed E-state index contributed by atoms with van der Waals surface area (Å²) in [5.74, 6) is 1.18. The fraction of sp³-hybridized carbons (Fsp3) is 0.316. The molecule has 2 aromatic rings. The lowest BCUT2D eigenvalue weighted by Gasteiger charge is -2.39. The van der Waals surface area contributed by atoms with Crippen molar-refractivity contribution in [3.05, 3.63) is 59.2 Å². The summed E-state index contributed by atoms with van der Waals surface area (Å²) in [6.45, 7) is 0.751. The number of carbonyl (C=O) groups excluding carboxylic acids is 1. The first-order valence-corrected chi connectivity index (χ1v) is 8.01. The van der Waals surface area contributed by atoms with Crippen molar-refractivity contribution in [1.82, 2.24) is 0 Å². The van der Waals surface area contributed by atoms with Crippen LogP contribution in [0.1, 0.15) is 40.1 Å². The molecule has 23 heavy (non-hydrogen) atoms. The summed E-state index contributed by atoms with van der Waals surface area (Å²) < 4.78 is 11.4. The first-order chi connectivity index (χ1) is 11.3. The second-order valence-electron chi connectivity index (χ2n) is 6.38. The number of carbonyl (C=O) groups is 1. The molecule has 4 heteroatoms. The topological polar surface area (TPSA) is 38.8 Å². The molecule has 3 aliphatic rings. The Morgan fingerprint density at radius 2 is 2.04 bits per heavy atom. The van der Waals surface area contributed by atoms with Crippen LogP contribution >= 0.6 is 0 Å². The number of rotatable bonds is 1. The van der Waals surface area contributed by atoms with Crippen LogP contribution in [0, 0.1) is 5.92 Å². The number of amides is 1. The zero-order chi connectivity index (χ0) is 15.6. The smallest absolute Gasteiger partial charge is 0.259 e. The highest BCUT2D eigenvalue weighted by molar-refractivity contribution is 6.12. The van der Waals surface area contributed by atoms with Crippen LogP contribution in [0.15, 0.2) is 42.5 Å². The molecule has 1 fully saturated rings. The lowest BCUT2D eigenvalue weighted by Crippen LogP contribution is -2.38. The minimum Gasteiger partial charge on any atom is -0.497 e.